The highest BCUT2D eigenvalue weighted by atomic mass is 16.7. The minimum Gasteiger partial charge on any atom is -0.490 e. The number of carboxylic acid groups (broad SMARTS) is 1. The Kier molecular flexibility index (Phi) is 28.2. The number of nitrogens with zero attached hydrogens (tertiary/aromatic N) is 7. The number of fused-ring (bicyclic) bond motifs is 10. The molecule has 4 aromatic heterocycles. The van der Waals surface area contributed by atoms with Gasteiger partial charge in [0.2, 0.25) is 41.7 Å². The van der Waals surface area contributed by atoms with Gasteiger partial charge in [-0.05, 0) is 135 Å². The summed E-state index contributed by atoms with van der Waals surface area (Å²) >= 11 is 0. The maximum absolute atomic E-state index is 13.9. The highest BCUT2D eigenvalue weighted by Crippen LogP contribution is 2.45. The van der Waals surface area contributed by atoms with E-state index in [2.05, 4.69) is 43.8 Å². The lowest BCUT2D eigenvalue weighted by atomic mass is 9.84. The summed E-state index contributed by atoms with van der Waals surface area (Å²) in [6, 6.07) is 21.5. The Morgan fingerprint density at radius 1 is 0.602 bits per heavy atom. The number of esters is 1. The third kappa shape index (κ3) is 19.9. The molecule has 0 radical (unpaired) electrons. The van der Waals surface area contributed by atoms with Crippen molar-refractivity contribution < 1.29 is 126 Å². The van der Waals surface area contributed by atoms with Gasteiger partial charge in [-0.1, -0.05) is 52.5 Å². The van der Waals surface area contributed by atoms with E-state index in [4.69, 9.17) is 47.9 Å². The smallest absolute Gasteiger partial charge is 0.410 e. The third-order valence-electron chi connectivity index (χ3n) is 23.9. The summed E-state index contributed by atoms with van der Waals surface area (Å²) in [6.07, 6.45) is -8.97. The zero-order chi connectivity index (χ0) is 95.3. The zero-order valence-corrected chi connectivity index (χ0v) is 73.3. The average Bonchev–Trinajstić information content (AvgIpc) is 1.59. The predicted octanol–water partition coefficient (Wildman–Crippen LogP) is 2.16. The zero-order valence-electron chi connectivity index (χ0n) is 73.3. The van der Waals surface area contributed by atoms with Crippen LogP contribution in [0.2, 0.25) is 0 Å². The molecule has 14 rings (SSSR count). The molecule has 10 heterocycles. The summed E-state index contributed by atoms with van der Waals surface area (Å²) in [6.45, 7) is 10.2. The van der Waals surface area contributed by atoms with Gasteiger partial charge in [-0.2, -0.15) is 0 Å². The first kappa shape index (κ1) is 94.6. The molecular weight excluding hydrogens is 1740 g/mol. The van der Waals surface area contributed by atoms with Gasteiger partial charge in [-0.25, -0.2) is 29.1 Å². The number of benzene rings is 4. The van der Waals surface area contributed by atoms with E-state index < -0.39 is 158 Å². The van der Waals surface area contributed by atoms with Gasteiger partial charge in [0, 0.05) is 84.0 Å². The second-order valence-corrected chi connectivity index (χ2v) is 32.5. The molecule has 13 N–H and O–H groups in total. The Bertz CT molecular complexity index is 6220. The lowest BCUT2D eigenvalue weighted by Gasteiger charge is -2.38. The second-order valence-electron chi connectivity index (χ2n) is 32.5. The molecule has 700 valence electrons. The summed E-state index contributed by atoms with van der Waals surface area (Å²) in [5.74, 6) is -7.75. The SMILES string of the molecule is C=C1OCc2c(cc3n(c2=O)Cc2c-3nc3ccc(OCNC(=O)OCc4ccc(O[C@@H]5O[C@H](C(=O)O)[C@@H](O)[C@H](O)[C@H]5O)c(NC(=O)CN(C)C(=O)CCNC(=O)CN(CCN5C(=O)C=CC5=O)CC(=O)N[C@@H](C)C(=O)N[C@@H](C)C(=O)Nc5ccc(COC(=O)NCOc6ccc7nc8c(c(CC)c7c6)Cn6c-8cc7c(c6=O)COC(=O)[C@]7(O)CC)cc5)c4)cc3c2CC)[C@@]1(O)CC. The van der Waals surface area contributed by atoms with E-state index in [1.807, 2.05) is 13.8 Å². The van der Waals surface area contributed by atoms with Crippen LogP contribution in [0.1, 0.15) is 116 Å². The van der Waals surface area contributed by atoms with E-state index in [-0.39, 0.29) is 124 Å². The van der Waals surface area contributed by atoms with Crippen molar-refractivity contribution in [2.45, 2.75) is 167 Å². The largest absolute Gasteiger partial charge is 0.490 e. The van der Waals surface area contributed by atoms with Gasteiger partial charge in [0.25, 0.3) is 22.9 Å². The summed E-state index contributed by atoms with van der Waals surface area (Å²) < 4.78 is 47.8. The number of pyridine rings is 4. The van der Waals surface area contributed by atoms with Crippen molar-refractivity contribution in [3.05, 3.63) is 192 Å². The van der Waals surface area contributed by atoms with Crippen molar-refractivity contribution in [2.75, 3.05) is 70.4 Å². The standard InChI is InChI=1S/C91H98N14O28/c1-9-53-55-31-52(18-20-63(55)99-75-57(53)34-104-66(75)32-61-59(83(104)117)41-126-47(7)90(61,124)11-3)131-44-94-89(123)129-40-49-15-22-68(132-86-79(114)77(112)78(113)80(133-86)85(119)120)65(29-49)98-70(107)36-101(8)72(109)25-26-92-69(106)37-102(27-28-103-73(110)23-24-74(103)111)38-71(108)95-45(5)81(115)96-46(6)82(116)97-50-16-13-48(14-17-50)39-128-88(122)93-43-130-51-19-21-64-56(30-51)54(10-2)58-35-105-67(76(58)100-64)33-62-60(84(105)118)42-127-87(121)91(62,125)12-4/h13-24,29-33,45-46,77-80,86,112-114,124-125H,7,9-12,25-28,34-44H2,1-6,8H3,(H,92,106)(H,93,122)(H,94,123)(H,95,108)(H,96,115)(H,97,116)(H,98,107)(H,119,120)/t45-,46-,77-,78-,79+,80-,86+,90+,91-/m0/s1. The Morgan fingerprint density at radius 3 is 1.71 bits per heavy atom. The van der Waals surface area contributed by atoms with Crippen molar-refractivity contribution in [1.82, 2.24) is 60.4 Å². The molecule has 133 heavy (non-hydrogen) atoms. The number of alkyl carbamates (subject to hydrolysis) is 2. The Labute approximate surface area is 757 Å². The number of aromatic nitrogens is 4. The topological polar surface area (TPSA) is 564 Å². The number of imide groups is 1. The fraction of sp³-hybridized carbons (Fsp3) is 0.385. The number of hydrogen-bond donors (Lipinski definition) is 13. The number of carbonyl (C=O) groups excluding carboxylic acids is 11. The molecule has 1 fully saturated rings. The van der Waals surface area contributed by atoms with E-state index in [1.54, 1.807) is 83.6 Å². The molecule has 10 amide bonds. The van der Waals surface area contributed by atoms with Crippen LogP contribution in [0.3, 0.4) is 0 Å². The molecule has 1 saturated heterocycles. The molecule has 0 aliphatic carbocycles. The second kappa shape index (κ2) is 39.6. The van der Waals surface area contributed by atoms with Gasteiger partial charge in [0.05, 0.1) is 83.3 Å². The van der Waals surface area contributed by atoms with Gasteiger partial charge in [-0.3, -0.25) is 68.4 Å². The number of aliphatic hydroxyl groups excluding tert-OH is 3. The van der Waals surface area contributed by atoms with Crippen molar-refractivity contribution >= 4 is 105 Å². The molecule has 6 aliphatic rings. The van der Waals surface area contributed by atoms with Crippen LogP contribution in [-0.2, 0) is 135 Å². The lowest BCUT2D eigenvalue weighted by molar-refractivity contribution is -0.271. The number of ether oxygens (including phenoxy) is 8. The van der Waals surface area contributed by atoms with Crippen LogP contribution in [0.15, 0.2) is 125 Å². The van der Waals surface area contributed by atoms with Crippen LogP contribution in [0.25, 0.3) is 44.6 Å². The molecule has 0 bridgehead atoms. The molecule has 42 nitrogen and oxygen atoms in total. The van der Waals surface area contributed by atoms with Gasteiger partial charge in [-0.15, -0.1) is 0 Å². The number of carboxylic acids is 1. The number of carbonyl (C=O) groups is 12. The van der Waals surface area contributed by atoms with Gasteiger partial charge in [0.1, 0.15) is 85.4 Å². The number of nitrogens with one attached hydrogen (secondary N) is 7. The van der Waals surface area contributed by atoms with E-state index in [1.165, 1.54) is 56.1 Å². The fourth-order valence-electron chi connectivity index (χ4n) is 16.5. The van der Waals surface area contributed by atoms with Crippen LogP contribution in [-0.4, -0.2) is 238 Å². The molecule has 4 aromatic carbocycles. The number of rotatable bonds is 35. The highest BCUT2D eigenvalue weighted by Gasteiger charge is 2.50. The molecule has 0 spiro atoms. The number of hydrogen-bond acceptors (Lipinski definition) is 30. The van der Waals surface area contributed by atoms with E-state index in [9.17, 15) is 97.8 Å². The molecule has 9 atom stereocenters. The molecule has 0 saturated carbocycles. The Morgan fingerprint density at radius 2 is 1.14 bits per heavy atom. The number of cyclic esters (lactones) is 1. The van der Waals surface area contributed by atoms with Gasteiger partial charge < -0.3 is 109 Å². The van der Waals surface area contributed by atoms with Crippen molar-refractivity contribution in [2.24, 2.45) is 0 Å². The number of aliphatic hydroxyl groups is 5. The average molecular weight is 1840 g/mol. The number of likely N-dealkylation sites (N-methyl/N-ethyl adjacent to an activating group) is 1. The maximum atomic E-state index is 13.9. The fourth-order valence-corrected chi connectivity index (χ4v) is 16.5. The number of anilines is 2. The van der Waals surface area contributed by atoms with Crippen LogP contribution in [0, 0.1) is 0 Å². The van der Waals surface area contributed by atoms with E-state index in [0.717, 1.165) is 55.0 Å². The Balaban J connectivity index is 0.522. The molecule has 8 aromatic rings. The summed E-state index contributed by atoms with van der Waals surface area (Å²) in [7, 11) is 1.26. The molecule has 6 aliphatic heterocycles. The number of amides is 10. The normalized spacial score (nSPS) is 19.3. The van der Waals surface area contributed by atoms with Crippen LogP contribution >= 0.6 is 0 Å². The van der Waals surface area contributed by atoms with E-state index in [0.29, 0.717) is 80.5 Å². The van der Waals surface area contributed by atoms with Crippen LogP contribution in [0.5, 0.6) is 17.2 Å². The summed E-state index contributed by atoms with van der Waals surface area (Å²) in [5.41, 5.74) is 4.68. The minimum atomic E-state index is -2.08. The number of aliphatic carboxylic acids is 1. The maximum Gasteiger partial charge on any atom is 0.410 e. The van der Waals surface area contributed by atoms with Crippen LogP contribution in [0.4, 0.5) is 21.0 Å². The summed E-state index contributed by atoms with van der Waals surface area (Å²) in [5, 5.41) is 83.7. The third-order valence-corrected chi connectivity index (χ3v) is 23.9. The lowest BCUT2D eigenvalue weighted by Crippen LogP contribution is -2.61. The molecule has 0 unspecified atom stereocenters. The molecular formula is C91H98N14O28. The first-order valence-electron chi connectivity index (χ1n) is 42.8. The number of aryl methyl sites for hydroxylation is 2. The van der Waals surface area contributed by atoms with Crippen molar-refractivity contribution in [3.8, 4) is 40.0 Å². The van der Waals surface area contributed by atoms with E-state index >= 15 is 0 Å². The van der Waals surface area contributed by atoms with Crippen LogP contribution < -0.4 is 62.5 Å². The van der Waals surface area contributed by atoms with Gasteiger partial charge >= 0.3 is 24.1 Å². The first-order valence-corrected chi connectivity index (χ1v) is 42.8. The Hall–Kier alpha value is -14.6. The van der Waals surface area contributed by atoms with Crippen molar-refractivity contribution in [3.63, 3.8) is 0 Å². The van der Waals surface area contributed by atoms with Gasteiger partial charge in [0.15, 0.2) is 25.2 Å². The highest BCUT2D eigenvalue weighted by molar-refractivity contribution is 6.13. The molecule has 42 heteroatoms. The summed E-state index contributed by atoms with van der Waals surface area (Å²) in [4.78, 5) is 198. The monoisotopic (exact) mass is 1830 g/mol. The quantitative estimate of drug-likeness (QED) is 0.0117. The van der Waals surface area contributed by atoms with Crippen molar-refractivity contribution in [1.29, 1.82) is 0 Å². The first-order chi connectivity index (χ1) is 63.5. The predicted molar refractivity (Wildman–Crippen MR) is 467 cm³/mol. The minimum absolute atomic E-state index is 0.00848.